The highest BCUT2D eigenvalue weighted by atomic mass is 19.2. The molecule has 4 aromatic carbocycles. The van der Waals surface area contributed by atoms with Crippen molar-refractivity contribution in [2.75, 3.05) is 6.61 Å². The van der Waals surface area contributed by atoms with Gasteiger partial charge in [-0.3, -0.25) is 0 Å². The van der Waals surface area contributed by atoms with Crippen LogP contribution in [0.15, 0.2) is 54.6 Å². The molecule has 0 bridgehead atoms. The van der Waals surface area contributed by atoms with Crippen LogP contribution in [0.2, 0.25) is 0 Å². The first-order valence-electron chi connectivity index (χ1n) is 12.9. The summed E-state index contributed by atoms with van der Waals surface area (Å²) in [6.07, 6.45) is 1.98. The van der Waals surface area contributed by atoms with E-state index in [4.69, 9.17) is 4.74 Å². The van der Waals surface area contributed by atoms with Crippen molar-refractivity contribution >= 4 is 0 Å². The third-order valence-corrected chi connectivity index (χ3v) is 7.22. The lowest BCUT2D eigenvalue weighted by Gasteiger charge is -2.18. The largest absolute Gasteiger partial charge is 0.494 e. The first-order valence-corrected chi connectivity index (χ1v) is 12.9. The number of hydrogen-bond acceptors (Lipinski definition) is 1. The predicted octanol–water partition coefficient (Wildman–Crippen LogP) is 9.47. The molecule has 0 fully saturated rings. The Hall–Kier alpha value is -3.46. The number of hydrogen-bond donors (Lipinski definition) is 0. The highest BCUT2D eigenvalue weighted by Crippen LogP contribution is 2.36. The molecule has 4 aromatic rings. The van der Waals surface area contributed by atoms with Crippen LogP contribution in [0.4, 0.5) is 8.78 Å². The summed E-state index contributed by atoms with van der Waals surface area (Å²) in [6, 6.07) is 17.1. The highest BCUT2D eigenvalue weighted by Gasteiger charge is 2.15. The summed E-state index contributed by atoms with van der Waals surface area (Å²) < 4.78 is 33.5. The Balaban J connectivity index is 1.51. The lowest BCUT2D eigenvalue weighted by Crippen LogP contribution is -2.03. The van der Waals surface area contributed by atoms with Crippen LogP contribution in [-0.2, 0) is 6.42 Å². The minimum absolute atomic E-state index is 0.673. The first kappa shape index (κ1) is 26.6. The molecule has 0 radical (unpaired) electrons. The van der Waals surface area contributed by atoms with E-state index in [9.17, 15) is 8.78 Å². The minimum Gasteiger partial charge on any atom is -0.494 e. The van der Waals surface area contributed by atoms with Crippen molar-refractivity contribution in [3.63, 3.8) is 0 Å². The fraction of sp³-hybridized carbons (Fsp3) is 0.294. The molecule has 0 aliphatic rings. The van der Waals surface area contributed by atoms with Gasteiger partial charge >= 0.3 is 0 Å². The van der Waals surface area contributed by atoms with Gasteiger partial charge in [-0.05, 0) is 147 Å². The summed E-state index contributed by atoms with van der Waals surface area (Å²) in [5.74, 6) is -0.764. The van der Waals surface area contributed by atoms with Gasteiger partial charge in [0.1, 0.15) is 5.75 Å². The number of benzene rings is 4. The second-order valence-electron chi connectivity index (χ2n) is 10.4. The van der Waals surface area contributed by atoms with Crippen molar-refractivity contribution in [1.29, 1.82) is 0 Å². The van der Waals surface area contributed by atoms with Crippen LogP contribution in [0.25, 0.3) is 22.3 Å². The third-order valence-electron chi connectivity index (χ3n) is 7.22. The molecule has 0 N–H and O–H groups in total. The van der Waals surface area contributed by atoms with Crippen LogP contribution in [0.1, 0.15) is 50.9 Å². The Bertz CT molecular complexity index is 1400. The molecule has 3 heteroatoms. The van der Waals surface area contributed by atoms with Gasteiger partial charge in [0.2, 0.25) is 0 Å². The first-order chi connectivity index (χ1) is 17.5. The van der Waals surface area contributed by atoms with Crippen LogP contribution in [0.3, 0.4) is 0 Å². The topological polar surface area (TPSA) is 9.23 Å². The SMILES string of the molecule is Cc1cc(C)c(CCCOc2cc(C)c(-c3cc(C)c(-c4ccc(F)c(F)c4)c(C)c3)c(C)c2)c(C)c1. The second-order valence-corrected chi connectivity index (χ2v) is 10.4. The summed E-state index contributed by atoms with van der Waals surface area (Å²) in [7, 11) is 0. The Labute approximate surface area is 220 Å². The van der Waals surface area contributed by atoms with Crippen molar-refractivity contribution in [1.82, 2.24) is 0 Å². The van der Waals surface area contributed by atoms with Gasteiger partial charge in [0, 0.05) is 0 Å². The van der Waals surface area contributed by atoms with Gasteiger partial charge in [-0.2, -0.15) is 0 Å². The molecule has 0 aliphatic heterocycles. The van der Waals surface area contributed by atoms with E-state index in [0.717, 1.165) is 52.0 Å². The Morgan fingerprint density at radius 3 is 1.68 bits per heavy atom. The summed E-state index contributed by atoms with van der Waals surface area (Å²) >= 11 is 0. The molecule has 37 heavy (non-hydrogen) atoms. The summed E-state index contributed by atoms with van der Waals surface area (Å²) in [6.45, 7) is 15.5. The maximum absolute atomic E-state index is 13.9. The molecule has 4 rings (SSSR count). The Kier molecular flexibility index (Phi) is 7.82. The fourth-order valence-corrected chi connectivity index (χ4v) is 5.72. The quantitative estimate of drug-likeness (QED) is 0.231. The molecule has 0 saturated heterocycles. The maximum Gasteiger partial charge on any atom is 0.159 e. The van der Waals surface area contributed by atoms with E-state index in [2.05, 4.69) is 71.0 Å². The third kappa shape index (κ3) is 5.77. The smallest absolute Gasteiger partial charge is 0.159 e. The van der Waals surface area contributed by atoms with E-state index >= 15 is 0 Å². The normalized spacial score (nSPS) is 11.2. The van der Waals surface area contributed by atoms with Crippen molar-refractivity contribution in [3.05, 3.63) is 111 Å². The predicted molar refractivity (Wildman–Crippen MR) is 151 cm³/mol. The number of halogens is 2. The van der Waals surface area contributed by atoms with Crippen LogP contribution in [0, 0.1) is 60.1 Å². The molecule has 192 valence electrons. The average molecular weight is 499 g/mol. The van der Waals surface area contributed by atoms with Gasteiger partial charge in [0.25, 0.3) is 0 Å². The lowest BCUT2D eigenvalue weighted by molar-refractivity contribution is 0.310. The van der Waals surface area contributed by atoms with E-state index < -0.39 is 11.6 Å². The Morgan fingerprint density at radius 2 is 1.11 bits per heavy atom. The van der Waals surface area contributed by atoms with Gasteiger partial charge in [-0.1, -0.05) is 35.9 Å². The molecular weight excluding hydrogens is 462 g/mol. The molecule has 1 nitrogen and oxygen atoms in total. The van der Waals surface area contributed by atoms with E-state index in [1.165, 1.54) is 39.9 Å². The standard InChI is InChI=1S/C34H36F2O/c1-20-13-21(2)30(22(3)14-20)9-8-12-37-29-17-25(6)34(26(7)18-29)28-15-23(4)33(24(5)16-28)27-10-11-31(35)32(36)19-27/h10-11,13-19H,8-9,12H2,1-7H3. The van der Waals surface area contributed by atoms with Crippen molar-refractivity contribution in [2.24, 2.45) is 0 Å². The van der Waals surface area contributed by atoms with E-state index in [0.29, 0.717) is 12.2 Å². The monoisotopic (exact) mass is 498 g/mol. The molecule has 0 aliphatic carbocycles. The highest BCUT2D eigenvalue weighted by molar-refractivity contribution is 5.79. The fourth-order valence-electron chi connectivity index (χ4n) is 5.72. The Morgan fingerprint density at radius 1 is 0.568 bits per heavy atom. The van der Waals surface area contributed by atoms with Crippen molar-refractivity contribution < 1.29 is 13.5 Å². The summed E-state index contributed by atoms with van der Waals surface area (Å²) in [5, 5.41) is 0. The molecular formula is C34H36F2O. The zero-order valence-corrected chi connectivity index (χ0v) is 23.0. The number of aryl methyl sites for hydroxylation is 7. The van der Waals surface area contributed by atoms with E-state index in [-0.39, 0.29) is 0 Å². The molecule has 0 amide bonds. The lowest BCUT2D eigenvalue weighted by atomic mass is 9.88. The van der Waals surface area contributed by atoms with Crippen molar-refractivity contribution in [2.45, 2.75) is 61.3 Å². The van der Waals surface area contributed by atoms with Crippen LogP contribution in [0.5, 0.6) is 5.75 Å². The number of rotatable bonds is 7. The van der Waals surface area contributed by atoms with Crippen LogP contribution < -0.4 is 4.74 Å². The molecule has 0 saturated carbocycles. The van der Waals surface area contributed by atoms with Gasteiger partial charge < -0.3 is 4.74 Å². The van der Waals surface area contributed by atoms with Gasteiger partial charge in [0.05, 0.1) is 6.61 Å². The molecule has 0 atom stereocenters. The molecule has 0 aromatic heterocycles. The van der Waals surface area contributed by atoms with Gasteiger partial charge in [-0.15, -0.1) is 0 Å². The molecule has 0 spiro atoms. The van der Waals surface area contributed by atoms with Crippen molar-refractivity contribution in [3.8, 4) is 28.0 Å². The minimum atomic E-state index is -0.829. The van der Waals surface area contributed by atoms with Crippen LogP contribution in [-0.4, -0.2) is 6.61 Å². The zero-order valence-electron chi connectivity index (χ0n) is 23.0. The van der Waals surface area contributed by atoms with Gasteiger partial charge in [-0.25, -0.2) is 8.78 Å². The average Bonchev–Trinajstić information content (AvgIpc) is 2.79. The summed E-state index contributed by atoms with van der Waals surface area (Å²) in [5.41, 5.74) is 13.7. The van der Waals surface area contributed by atoms with Gasteiger partial charge in [0.15, 0.2) is 11.6 Å². The number of ether oxygens (including phenoxy) is 1. The van der Waals surface area contributed by atoms with E-state index in [1.807, 2.05) is 13.8 Å². The second kappa shape index (κ2) is 10.9. The molecule has 0 unspecified atom stereocenters. The zero-order chi connectivity index (χ0) is 26.9. The van der Waals surface area contributed by atoms with E-state index in [1.54, 1.807) is 6.07 Å². The summed E-state index contributed by atoms with van der Waals surface area (Å²) in [4.78, 5) is 0. The maximum atomic E-state index is 13.9. The molecule has 0 heterocycles. The van der Waals surface area contributed by atoms with Crippen LogP contribution >= 0.6 is 0 Å².